The van der Waals surface area contributed by atoms with E-state index >= 15 is 0 Å². The minimum atomic E-state index is 0.533. The molecule has 0 unspecified atom stereocenters. The standard InChI is InChI=1S/C19H24N4O/c1-13-10-17-18(11-14(13)2)23(7-9-24-8-6-20)19(22-17)15-4-3-5-16(21)12-15/h3-5,10-12H,6-9,20-21H2,1-2H3. The van der Waals surface area contributed by atoms with Crippen LogP contribution in [0.15, 0.2) is 36.4 Å². The number of hydrogen-bond donors (Lipinski definition) is 2. The lowest BCUT2D eigenvalue weighted by Gasteiger charge is -2.11. The van der Waals surface area contributed by atoms with E-state index < -0.39 is 0 Å². The van der Waals surface area contributed by atoms with E-state index in [1.165, 1.54) is 11.1 Å². The maximum absolute atomic E-state index is 5.95. The molecule has 1 heterocycles. The summed E-state index contributed by atoms with van der Waals surface area (Å²) >= 11 is 0. The summed E-state index contributed by atoms with van der Waals surface area (Å²) in [5.41, 5.74) is 17.8. The predicted octanol–water partition coefficient (Wildman–Crippen LogP) is 2.88. The first-order chi connectivity index (χ1) is 11.6. The van der Waals surface area contributed by atoms with Crippen molar-refractivity contribution in [2.24, 2.45) is 5.73 Å². The van der Waals surface area contributed by atoms with Gasteiger partial charge in [-0.05, 0) is 49.2 Å². The van der Waals surface area contributed by atoms with Crippen molar-refractivity contribution in [1.29, 1.82) is 0 Å². The van der Waals surface area contributed by atoms with E-state index in [1.807, 2.05) is 24.3 Å². The van der Waals surface area contributed by atoms with Gasteiger partial charge in [-0.25, -0.2) is 4.98 Å². The number of fused-ring (bicyclic) bond motifs is 1. The zero-order chi connectivity index (χ0) is 17.1. The van der Waals surface area contributed by atoms with Crippen molar-refractivity contribution in [3.05, 3.63) is 47.5 Å². The number of rotatable bonds is 6. The molecular formula is C19H24N4O. The number of nitrogen functional groups attached to an aromatic ring is 1. The molecule has 0 fully saturated rings. The number of imidazole rings is 1. The second-order valence-corrected chi connectivity index (χ2v) is 6.04. The van der Waals surface area contributed by atoms with Gasteiger partial charge in [-0.3, -0.25) is 0 Å². The SMILES string of the molecule is Cc1cc2nc(-c3cccc(N)c3)n(CCOCCN)c2cc1C. The molecule has 0 aliphatic rings. The highest BCUT2D eigenvalue weighted by Crippen LogP contribution is 2.28. The molecule has 0 atom stereocenters. The van der Waals surface area contributed by atoms with Gasteiger partial charge in [-0.1, -0.05) is 12.1 Å². The van der Waals surface area contributed by atoms with Gasteiger partial charge in [0, 0.05) is 24.3 Å². The predicted molar refractivity (Wildman–Crippen MR) is 98.9 cm³/mol. The van der Waals surface area contributed by atoms with Crippen LogP contribution in [-0.4, -0.2) is 29.3 Å². The Labute approximate surface area is 142 Å². The van der Waals surface area contributed by atoms with E-state index in [2.05, 4.69) is 30.5 Å². The van der Waals surface area contributed by atoms with Crippen molar-refractivity contribution >= 4 is 16.7 Å². The summed E-state index contributed by atoms with van der Waals surface area (Å²) in [6, 6.07) is 12.2. The van der Waals surface area contributed by atoms with E-state index in [0.29, 0.717) is 19.8 Å². The average molecular weight is 324 g/mol. The molecule has 3 aromatic rings. The molecular weight excluding hydrogens is 300 g/mol. The number of anilines is 1. The Balaban J connectivity index is 2.08. The average Bonchev–Trinajstić information content (AvgIpc) is 2.90. The highest BCUT2D eigenvalue weighted by molar-refractivity contribution is 5.82. The van der Waals surface area contributed by atoms with Gasteiger partial charge in [-0.15, -0.1) is 0 Å². The van der Waals surface area contributed by atoms with Gasteiger partial charge < -0.3 is 20.8 Å². The van der Waals surface area contributed by atoms with Gasteiger partial charge in [0.1, 0.15) is 5.82 Å². The van der Waals surface area contributed by atoms with E-state index in [4.69, 9.17) is 21.2 Å². The zero-order valence-electron chi connectivity index (χ0n) is 14.2. The lowest BCUT2D eigenvalue weighted by atomic mass is 10.1. The van der Waals surface area contributed by atoms with Gasteiger partial charge in [0.05, 0.1) is 24.2 Å². The minimum Gasteiger partial charge on any atom is -0.399 e. The molecule has 4 N–H and O–H groups in total. The summed E-state index contributed by atoms with van der Waals surface area (Å²) in [6.45, 7) is 6.66. The Hall–Kier alpha value is -2.37. The van der Waals surface area contributed by atoms with Gasteiger partial charge in [0.15, 0.2) is 0 Å². The summed E-state index contributed by atoms with van der Waals surface area (Å²) in [5, 5.41) is 0. The zero-order valence-corrected chi connectivity index (χ0v) is 14.2. The van der Waals surface area contributed by atoms with Crippen LogP contribution in [0, 0.1) is 13.8 Å². The number of nitrogens with two attached hydrogens (primary N) is 2. The third-order valence-corrected chi connectivity index (χ3v) is 4.23. The summed E-state index contributed by atoms with van der Waals surface area (Å²) in [6.07, 6.45) is 0. The van der Waals surface area contributed by atoms with E-state index in [9.17, 15) is 0 Å². The first-order valence-electron chi connectivity index (χ1n) is 8.21. The van der Waals surface area contributed by atoms with Gasteiger partial charge >= 0.3 is 0 Å². The molecule has 1 aromatic heterocycles. The largest absolute Gasteiger partial charge is 0.399 e. The molecule has 24 heavy (non-hydrogen) atoms. The summed E-state index contributed by atoms with van der Waals surface area (Å²) < 4.78 is 7.78. The maximum atomic E-state index is 5.95. The van der Waals surface area contributed by atoms with Crippen molar-refractivity contribution < 1.29 is 4.74 Å². The third-order valence-electron chi connectivity index (χ3n) is 4.23. The molecule has 0 amide bonds. The van der Waals surface area contributed by atoms with Crippen LogP contribution >= 0.6 is 0 Å². The second kappa shape index (κ2) is 7.03. The molecule has 3 rings (SSSR count). The Kier molecular flexibility index (Phi) is 4.83. The quantitative estimate of drug-likeness (QED) is 0.540. The maximum Gasteiger partial charge on any atom is 0.141 e. The van der Waals surface area contributed by atoms with Crippen LogP contribution in [0.1, 0.15) is 11.1 Å². The minimum absolute atomic E-state index is 0.533. The second-order valence-electron chi connectivity index (χ2n) is 6.04. The van der Waals surface area contributed by atoms with Crippen LogP contribution in [0.2, 0.25) is 0 Å². The van der Waals surface area contributed by atoms with Crippen molar-refractivity contribution in [2.75, 3.05) is 25.5 Å². The molecule has 2 aromatic carbocycles. The molecule has 0 saturated carbocycles. The molecule has 0 bridgehead atoms. The normalized spacial score (nSPS) is 11.3. The fraction of sp³-hybridized carbons (Fsp3) is 0.316. The van der Waals surface area contributed by atoms with Crippen LogP contribution in [0.4, 0.5) is 5.69 Å². The van der Waals surface area contributed by atoms with Crippen molar-refractivity contribution in [1.82, 2.24) is 9.55 Å². The van der Waals surface area contributed by atoms with Crippen LogP contribution in [0.5, 0.6) is 0 Å². The summed E-state index contributed by atoms with van der Waals surface area (Å²) in [5.74, 6) is 0.915. The molecule has 5 heteroatoms. The number of hydrogen-bond acceptors (Lipinski definition) is 4. The van der Waals surface area contributed by atoms with Crippen LogP contribution in [-0.2, 0) is 11.3 Å². The highest BCUT2D eigenvalue weighted by Gasteiger charge is 2.14. The van der Waals surface area contributed by atoms with Gasteiger partial charge in [-0.2, -0.15) is 0 Å². The summed E-state index contributed by atoms with van der Waals surface area (Å²) in [7, 11) is 0. The van der Waals surface area contributed by atoms with Crippen molar-refractivity contribution in [3.63, 3.8) is 0 Å². The van der Waals surface area contributed by atoms with Crippen molar-refractivity contribution in [3.8, 4) is 11.4 Å². The molecule has 0 aliphatic heterocycles. The van der Waals surface area contributed by atoms with Gasteiger partial charge in [0.25, 0.3) is 0 Å². The smallest absolute Gasteiger partial charge is 0.141 e. The number of ether oxygens (including phenoxy) is 1. The lowest BCUT2D eigenvalue weighted by molar-refractivity contribution is 0.134. The molecule has 0 aliphatic carbocycles. The number of aromatic nitrogens is 2. The molecule has 5 nitrogen and oxygen atoms in total. The topological polar surface area (TPSA) is 79.1 Å². The third kappa shape index (κ3) is 3.27. The summed E-state index contributed by atoms with van der Waals surface area (Å²) in [4.78, 5) is 4.85. The molecule has 0 radical (unpaired) electrons. The van der Waals surface area contributed by atoms with E-state index in [0.717, 1.165) is 34.7 Å². The molecule has 0 saturated heterocycles. The van der Waals surface area contributed by atoms with Crippen LogP contribution < -0.4 is 11.5 Å². The Bertz CT molecular complexity index is 854. The Morgan fingerprint density at radius 1 is 1.08 bits per heavy atom. The van der Waals surface area contributed by atoms with Crippen LogP contribution in [0.25, 0.3) is 22.4 Å². The van der Waals surface area contributed by atoms with Crippen molar-refractivity contribution in [2.45, 2.75) is 20.4 Å². The van der Waals surface area contributed by atoms with Crippen LogP contribution in [0.3, 0.4) is 0 Å². The Morgan fingerprint density at radius 2 is 1.88 bits per heavy atom. The highest BCUT2D eigenvalue weighted by atomic mass is 16.5. The lowest BCUT2D eigenvalue weighted by Crippen LogP contribution is -2.13. The van der Waals surface area contributed by atoms with E-state index in [-0.39, 0.29) is 0 Å². The van der Waals surface area contributed by atoms with E-state index in [1.54, 1.807) is 0 Å². The number of benzene rings is 2. The first kappa shape index (κ1) is 16.5. The monoisotopic (exact) mass is 324 g/mol. The van der Waals surface area contributed by atoms with Gasteiger partial charge in [0.2, 0.25) is 0 Å². The number of aryl methyl sites for hydroxylation is 2. The molecule has 0 spiro atoms. The first-order valence-corrected chi connectivity index (χ1v) is 8.21. The fourth-order valence-corrected chi connectivity index (χ4v) is 2.85. The Morgan fingerprint density at radius 3 is 2.62 bits per heavy atom. The molecule has 126 valence electrons. The number of nitrogens with zero attached hydrogens (tertiary/aromatic N) is 2. The fourth-order valence-electron chi connectivity index (χ4n) is 2.85.